The highest BCUT2D eigenvalue weighted by Crippen LogP contribution is 2.27. The van der Waals surface area contributed by atoms with E-state index < -0.39 is 11.5 Å². The third kappa shape index (κ3) is 6.78. The molecule has 0 spiro atoms. The van der Waals surface area contributed by atoms with Gasteiger partial charge in [-0.15, -0.1) is 11.8 Å². The summed E-state index contributed by atoms with van der Waals surface area (Å²) in [5.41, 5.74) is -0.102. The predicted molar refractivity (Wildman–Crippen MR) is 99.7 cm³/mol. The van der Waals surface area contributed by atoms with Gasteiger partial charge in [-0.05, 0) is 44.0 Å². The van der Waals surface area contributed by atoms with Gasteiger partial charge in [0.15, 0.2) is 0 Å². The lowest BCUT2D eigenvalue weighted by atomic mass is 9.85. The number of amides is 2. The summed E-state index contributed by atoms with van der Waals surface area (Å²) in [5.74, 6) is -1.29. The Morgan fingerprint density at radius 1 is 1.16 bits per heavy atom. The second-order valence-corrected chi connectivity index (χ2v) is 8.01. The van der Waals surface area contributed by atoms with Crippen LogP contribution in [-0.2, 0) is 14.4 Å². The number of aliphatic carboxylic acids is 1. The Balaban J connectivity index is 2.72. The molecule has 0 fully saturated rings. The van der Waals surface area contributed by atoms with Gasteiger partial charge in [0.05, 0.1) is 11.7 Å². The molecule has 6 nitrogen and oxygen atoms in total. The molecule has 0 aromatic heterocycles. The number of rotatable bonds is 8. The average molecular weight is 366 g/mol. The van der Waals surface area contributed by atoms with Gasteiger partial charge in [-0.25, -0.2) is 0 Å². The molecule has 2 amide bonds. The Labute approximate surface area is 152 Å². The number of thioether (sulfide) groups is 1. The lowest BCUT2D eigenvalue weighted by molar-refractivity contribution is -0.139. The summed E-state index contributed by atoms with van der Waals surface area (Å²) in [7, 11) is 0. The summed E-state index contributed by atoms with van der Waals surface area (Å²) >= 11 is 1.38. The minimum absolute atomic E-state index is 0.0123. The highest BCUT2D eigenvalue weighted by atomic mass is 32.2. The van der Waals surface area contributed by atoms with Crippen LogP contribution in [0.5, 0.6) is 0 Å². The van der Waals surface area contributed by atoms with Crippen LogP contribution in [0.3, 0.4) is 0 Å². The molecule has 7 heteroatoms. The molecule has 0 saturated heterocycles. The number of benzene rings is 1. The van der Waals surface area contributed by atoms with Gasteiger partial charge in [0.1, 0.15) is 0 Å². The van der Waals surface area contributed by atoms with E-state index in [9.17, 15) is 14.4 Å². The normalized spacial score (nSPS) is 14.5. The van der Waals surface area contributed by atoms with Crippen LogP contribution in [-0.4, -0.2) is 33.7 Å². The zero-order valence-corrected chi connectivity index (χ0v) is 16.1. The first kappa shape index (κ1) is 21.0. The maximum Gasteiger partial charge on any atom is 0.305 e. The summed E-state index contributed by atoms with van der Waals surface area (Å²) in [6.07, 6.45) is -0.126. The highest BCUT2D eigenvalue weighted by Gasteiger charge is 2.34. The zero-order chi connectivity index (χ0) is 19.2. The fourth-order valence-electron chi connectivity index (χ4n) is 2.17. The first-order valence-electron chi connectivity index (χ1n) is 8.11. The van der Waals surface area contributed by atoms with Crippen molar-refractivity contribution < 1.29 is 19.5 Å². The van der Waals surface area contributed by atoms with Crippen molar-refractivity contribution >= 4 is 35.2 Å². The monoisotopic (exact) mass is 366 g/mol. The molecule has 0 aliphatic rings. The summed E-state index contributed by atoms with van der Waals surface area (Å²) in [5, 5.41) is 14.3. The zero-order valence-electron chi connectivity index (χ0n) is 15.3. The molecule has 0 radical (unpaired) electrons. The fraction of sp³-hybridized carbons (Fsp3) is 0.500. The number of carbonyl (C=O) groups is 3. The van der Waals surface area contributed by atoms with Gasteiger partial charge < -0.3 is 15.7 Å². The Kier molecular flexibility index (Phi) is 7.48. The van der Waals surface area contributed by atoms with Gasteiger partial charge in [0, 0.05) is 23.0 Å². The first-order valence-corrected chi connectivity index (χ1v) is 8.99. The van der Waals surface area contributed by atoms with Crippen molar-refractivity contribution in [1.82, 2.24) is 5.32 Å². The molecule has 0 heterocycles. The number of carbonyl (C=O) groups excluding carboxylic acids is 2. The first-order chi connectivity index (χ1) is 11.5. The van der Waals surface area contributed by atoms with Crippen LogP contribution >= 0.6 is 11.8 Å². The van der Waals surface area contributed by atoms with Gasteiger partial charge in [0.25, 0.3) is 0 Å². The van der Waals surface area contributed by atoms with E-state index in [0.717, 1.165) is 4.90 Å². The summed E-state index contributed by atoms with van der Waals surface area (Å²) in [4.78, 5) is 35.5. The summed E-state index contributed by atoms with van der Waals surface area (Å²) in [6, 6.07) is 7.21. The van der Waals surface area contributed by atoms with E-state index in [1.165, 1.54) is 18.7 Å². The van der Waals surface area contributed by atoms with E-state index in [1.54, 1.807) is 26.0 Å². The molecule has 1 aromatic carbocycles. The molecule has 0 aliphatic carbocycles. The largest absolute Gasteiger partial charge is 0.481 e. The summed E-state index contributed by atoms with van der Waals surface area (Å²) in [6.45, 7) is 8.76. The Bertz CT molecular complexity index is 630. The van der Waals surface area contributed by atoms with Crippen LogP contribution in [0.15, 0.2) is 29.2 Å². The van der Waals surface area contributed by atoms with E-state index in [4.69, 9.17) is 5.11 Å². The van der Waals surface area contributed by atoms with Crippen molar-refractivity contribution in [2.75, 3.05) is 5.32 Å². The number of nitrogens with one attached hydrogen (secondary N) is 2. The topological polar surface area (TPSA) is 95.5 Å². The number of hydrogen-bond acceptors (Lipinski definition) is 4. The molecule has 0 saturated carbocycles. The third-order valence-electron chi connectivity index (χ3n) is 4.06. The van der Waals surface area contributed by atoms with E-state index in [2.05, 4.69) is 10.6 Å². The number of carboxylic acid groups (broad SMARTS) is 1. The molecule has 1 rings (SSSR count). The Morgan fingerprint density at radius 3 is 2.16 bits per heavy atom. The van der Waals surface area contributed by atoms with Gasteiger partial charge in [-0.1, -0.05) is 13.8 Å². The smallest absolute Gasteiger partial charge is 0.305 e. The molecule has 3 N–H and O–H groups in total. The van der Waals surface area contributed by atoms with Crippen molar-refractivity contribution in [2.24, 2.45) is 5.92 Å². The predicted octanol–water partition coefficient (Wildman–Crippen LogP) is 3.13. The Morgan fingerprint density at radius 2 is 1.72 bits per heavy atom. The molecule has 2 unspecified atom stereocenters. The van der Waals surface area contributed by atoms with Gasteiger partial charge >= 0.3 is 5.97 Å². The molecule has 0 aliphatic heterocycles. The Hall–Kier alpha value is -2.02. The van der Waals surface area contributed by atoms with Crippen LogP contribution in [0.2, 0.25) is 0 Å². The van der Waals surface area contributed by atoms with Crippen molar-refractivity contribution in [3.63, 3.8) is 0 Å². The quantitative estimate of drug-likeness (QED) is 0.614. The van der Waals surface area contributed by atoms with Crippen molar-refractivity contribution in [3.8, 4) is 0 Å². The molecule has 25 heavy (non-hydrogen) atoms. The van der Waals surface area contributed by atoms with Crippen molar-refractivity contribution in [2.45, 2.75) is 56.7 Å². The van der Waals surface area contributed by atoms with Crippen LogP contribution in [0.25, 0.3) is 0 Å². The molecule has 2 atom stereocenters. The minimum atomic E-state index is -0.939. The molecule has 1 aromatic rings. The molecule has 138 valence electrons. The number of carboxylic acids is 1. The van der Waals surface area contributed by atoms with E-state index in [-0.39, 0.29) is 29.4 Å². The van der Waals surface area contributed by atoms with Gasteiger partial charge in [0.2, 0.25) is 11.8 Å². The van der Waals surface area contributed by atoms with E-state index in [1.807, 2.05) is 26.0 Å². The van der Waals surface area contributed by atoms with Crippen LogP contribution in [0.4, 0.5) is 5.69 Å². The van der Waals surface area contributed by atoms with Crippen molar-refractivity contribution in [1.29, 1.82) is 0 Å². The molecular weight excluding hydrogens is 340 g/mol. The second-order valence-electron chi connectivity index (χ2n) is 6.60. The SMILES string of the molecule is CC(=O)Nc1ccc(SC(C)C(=O)NC(C)(CC(=O)O)C(C)C)cc1. The van der Waals surface area contributed by atoms with Crippen molar-refractivity contribution in [3.05, 3.63) is 24.3 Å². The molecule has 0 bridgehead atoms. The van der Waals surface area contributed by atoms with Gasteiger partial charge in [-0.2, -0.15) is 0 Å². The fourth-order valence-corrected chi connectivity index (χ4v) is 3.04. The highest BCUT2D eigenvalue weighted by molar-refractivity contribution is 8.00. The number of anilines is 1. The lowest BCUT2D eigenvalue weighted by Gasteiger charge is -2.34. The van der Waals surface area contributed by atoms with Crippen LogP contribution < -0.4 is 10.6 Å². The van der Waals surface area contributed by atoms with Crippen LogP contribution in [0, 0.1) is 5.92 Å². The van der Waals surface area contributed by atoms with E-state index >= 15 is 0 Å². The maximum atomic E-state index is 12.5. The average Bonchev–Trinajstić information content (AvgIpc) is 2.47. The van der Waals surface area contributed by atoms with Gasteiger partial charge in [-0.3, -0.25) is 14.4 Å². The van der Waals surface area contributed by atoms with Crippen LogP contribution in [0.1, 0.15) is 41.0 Å². The molecular formula is C18H26N2O4S. The number of hydrogen-bond donors (Lipinski definition) is 3. The standard InChI is InChI=1S/C18H26N2O4S/c1-11(2)18(5,10-16(22)23)20-17(24)12(3)25-15-8-6-14(7-9-15)19-13(4)21/h6-9,11-12H,10H2,1-5H3,(H,19,21)(H,20,24)(H,22,23). The maximum absolute atomic E-state index is 12.5. The lowest BCUT2D eigenvalue weighted by Crippen LogP contribution is -2.53. The summed E-state index contributed by atoms with van der Waals surface area (Å²) < 4.78 is 0. The second kappa shape index (κ2) is 8.89. The minimum Gasteiger partial charge on any atom is -0.481 e. The van der Waals surface area contributed by atoms with E-state index in [0.29, 0.717) is 5.69 Å². The third-order valence-corrected chi connectivity index (χ3v) is 5.17.